The van der Waals surface area contributed by atoms with Crippen molar-refractivity contribution in [3.05, 3.63) is 24.3 Å². The second kappa shape index (κ2) is 4.53. The Kier molecular flexibility index (Phi) is 3.58. The summed E-state index contributed by atoms with van der Waals surface area (Å²) in [5.74, 6) is 0.801. The van der Waals surface area contributed by atoms with Gasteiger partial charge in [-0.3, -0.25) is 0 Å². The first-order valence-corrected chi connectivity index (χ1v) is 5.05. The first kappa shape index (κ1) is 11.9. The van der Waals surface area contributed by atoms with E-state index in [1.54, 1.807) is 38.1 Å². The number of aromatic hydroxyl groups is 1. The number of hydrogen-bond donors (Lipinski definition) is 2. The third kappa shape index (κ3) is 4.70. The summed E-state index contributed by atoms with van der Waals surface area (Å²) in [7, 11) is 0. The van der Waals surface area contributed by atoms with Crippen LogP contribution in [0.15, 0.2) is 24.3 Å². The predicted molar refractivity (Wildman–Crippen MR) is 59.1 cm³/mol. The van der Waals surface area contributed by atoms with Crippen LogP contribution in [-0.4, -0.2) is 21.9 Å². The van der Waals surface area contributed by atoms with Crippen LogP contribution >= 0.6 is 0 Å². The molecule has 2 N–H and O–H groups in total. The third-order valence-corrected chi connectivity index (χ3v) is 1.94. The fourth-order valence-electron chi connectivity index (χ4n) is 1.53. The molecule has 84 valence electrons. The number of rotatable bonds is 4. The maximum absolute atomic E-state index is 9.59. The van der Waals surface area contributed by atoms with E-state index in [2.05, 4.69) is 0 Å². The van der Waals surface area contributed by atoms with E-state index in [0.717, 1.165) is 0 Å². The molecule has 0 radical (unpaired) electrons. The average Bonchev–Trinajstić information content (AvgIpc) is 1.99. The minimum atomic E-state index is -0.740. The second-order valence-corrected chi connectivity index (χ2v) is 4.44. The highest BCUT2D eigenvalue weighted by Crippen LogP contribution is 2.21. The molecule has 1 unspecified atom stereocenters. The van der Waals surface area contributed by atoms with Crippen LogP contribution in [0.5, 0.6) is 11.5 Å². The number of ether oxygens (including phenoxy) is 1. The Labute approximate surface area is 90.3 Å². The molecule has 0 aliphatic heterocycles. The topological polar surface area (TPSA) is 49.7 Å². The summed E-state index contributed by atoms with van der Waals surface area (Å²) < 4.78 is 5.55. The van der Waals surface area contributed by atoms with Crippen molar-refractivity contribution in [2.75, 3.05) is 0 Å². The van der Waals surface area contributed by atoms with Gasteiger partial charge in [0, 0.05) is 12.5 Å². The molecule has 3 nitrogen and oxygen atoms in total. The lowest BCUT2D eigenvalue weighted by atomic mass is 10.0. The van der Waals surface area contributed by atoms with Crippen LogP contribution in [0.3, 0.4) is 0 Å². The molecular weight excluding hydrogens is 192 g/mol. The van der Waals surface area contributed by atoms with Gasteiger partial charge in [-0.05, 0) is 32.9 Å². The molecule has 0 amide bonds. The third-order valence-electron chi connectivity index (χ3n) is 1.94. The maximum Gasteiger partial charge on any atom is 0.123 e. The van der Waals surface area contributed by atoms with Gasteiger partial charge in [0.15, 0.2) is 0 Å². The molecule has 0 fully saturated rings. The van der Waals surface area contributed by atoms with Crippen molar-refractivity contribution < 1.29 is 14.9 Å². The van der Waals surface area contributed by atoms with Crippen LogP contribution in [0.2, 0.25) is 0 Å². The van der Waals surface area contributed by atoms with Crippen molar-refractivity contribution in [2.45, 2.75) is 38.9 Å². The van der Waals surface area contributed by atoms with Gasteiger partial charge in [-0.2, -0.15) is 0 Å². The lowest BCUT2D eigenvalue weighted by Crippen LogP contribution is -2.27. The van der Waals surface area contributed by atoms with Gasteiger partial charge < -0.3 is 14.9 Å². The van der Waals surface area contributed by atoms with Crippen LogP contribution in [0, 0.1) is 0 Å². The molecule has 1 aromatic rings. The minimum Gasteiger partial charge on any atom is -0.508 e. The van der Waals surface area contributed by atoms with Gasteiger partial charge in [0.25, 0.3) is 0 Å². The van der Waals surface area contributed by atoms with Crippen LogP contribution in [0.1, 0.15) is 27.2 Å². The van der Waals surface area contributed by atoms with Crippen molar-refractivity contribution in [3.8, 4) is 11.5 Å². The van der Waals surface area contributed by atoms with Crippen LogP contribution in [0.4, 0.5) is 0 Å². The molecule has 0 aliphatic carbocycles. The Balaban J connectivity index is 2.55. The molecule has 0 aromatic heterocycles. The summed E-state index contributed by atoms with van der Waals surface area (Å²) in [5.41, 5.74) is -0.740. The fraction of sp³-hybridized carbons (Fsp3) is 0.500. The predicted octanol–water partition coefficient (Wildman–Crippen LogP) is 2.32. The van der Waals surface area contributed by atoms with E-state index < -0.39 is 5.60 Å². The zero-order chi connectivity index (χ0) is 11.5. The molecule has 0 saturated heterocycles. The van der Waals surface area contributed by atoms with Crippen LogP contribution in [-0.2, 0) is 0 Å². The standard InChI is InChI=1S/C12H18O3/c1-9(8-12(2,3)14)15-11-6-4-5-10(13)7-11/h4-7,9,13-14H,8H2,1-3H3. The molecule has 0 saturated carbocycles. The normalized spacial score (nSPS) is 13.6. The van der Waals surface area contributed by atoms with E-state index in [1.165, 1.54) is 0 Å². The first-order valence-electron chi connectivity index (χ1n) is 5.05. The largest absolute Gasteiger partial charge is 0.508 e. The number of benzene rings is 1. The van der Waals surface area contributed by atoms with Crippen molar-refractivity contribution in [2.24, 2.45) is 0 Å². The van der Waals surface area contributed by atoms with Crippen LogP contribution in [0.25, 0.3) is 0 Å². The van der Waals surface area contributed by atoms with E-state index in [1.807, 2.05) is 6.92 Å². The summed E-state index contributed by atoms with van der Waals surface area (Å²) >= 11 is 0. The fourth-order valence-corrected chi connectivity index (χ4v) is 1.53. The van der Waals surface area contributed by atoms with Gasteiger partial charge in [-0.25, -0.2) is 0 Å². The number of aliphatic hydroxyl groups is 1. The zero-order valence-corrected chi connectivity index (χ0v) is 9.40. The van der Waals surface area contributed by atoms with Gasteiger partial charge in [0.2, 0.25) is 0 Å². The molecule has 0 spiro atoms. The molecule has 0 heterocycles. The monoisotopic (exact) mass is 210 g/mol. The zero-order valence-electron chi connectivity index (χ0n) is 9.40. The van der Waals surface area contributed by atoms with E-state index in [0.29, 0.717) is 12.2 Å². The molecule has 0 bridgehead atoms. The first-order chi connectivity index (χ1) is 6.87. The molecule has 15 heavy (non-hydrogen) atoms. The summed E-state index contributed by atoms with van der Waals surface area (Å²) in [6, 6.07) is 6.65. The highest BCUT2D eigenvalue weighted by atomic mass is 16.5. The molecular formula is C12H18O3. The van der Waals surface area contributed by atoms with Gasteiger partial charge in [-0.15, -0.1) is 0 Å². The summed E-state index contributed by atoms with van der Waals surface area (Å²) in [6.45, 7) is 5.38. The quantitative estimate of drug-likeness (QED) is 0.801. The number of phenolic OH excluding ortho intramolecular Hbond substituents is 1. The highest BCUT2D eigenvalue weighted by molar-refractivity contribution is 5.31. The molecule has 3 heteroatoms. The number of phenols is 1. The van der Waals surface area contributed by atoms with Crippen LogP contribution < -0.4 is 4.74 Å². The molecule has 1 aromatic carbocycles. The van der Waals surface area contributed by atoms with Crippen molar-refractivity contribution in [3.63, 3.8) is 0 Å². The summed E-state index contributed by atoms with van der Waals surface area (Å²) in [5, 5.41) is 18.8. The van der Waals surface area contributed by atoms with E-state index >= 15 is 0 Å². The smallest absolute Gasteiger partial charge is 0.123 e. The van der Waals surface area contributed by atoms with Gasteiger partial charge in [0.05, 0.1) is 11.7 Å². The summed E-state index contributed by atoms with van der Waals surface area (Å²) in [4.78, 5) is 0. The molecule has 1 atom stereocenters. The Hall–Kier alpha value is -1.22. The lowest BCUT2D eigenvalue weighted by Gasteiger charge is -2.23. The Morgan fingerprint density at radius 1 is 1.40 bits per heavy atom. The summed E-state index contributed by atoms with van der Waals surface area (Å²) in [6.07, 6.45) is 0.453. The highest BCUT2D eigenvalue weighted by Gasteiger charge is 2.18. The van der Waals surface area contributed by atoms with Gasteiger partial charge >= 0.3 is 0 Å². The van der Waals surface area contributed by atoms with Gasteiger partial charge in [-0.1, -0.05) is 6.07 Å². The Bertz CT molecular complexity index is 315. The van der Waals surface area contributed by atoms with Crippen molar-refractivity contribution >= 4 is 0 Å². The van der Waals surface area contributed by atoms with Crippen molar-refractivity contribution in [1.82, 2.24) is 0 Å². The number of hydrogen-bond acceptors (Lipinski definition) is 3. The average molecular weight is 210 g/mol. The van der Waals surface area contributed by atoms with E-state index in [-0.39, 0.29) is 11.9 Å². The van der Waals surface area contributed by atoms with Gasteiger partial charge in [0.1, 0.15) is 11.5 Å². The van der Waals surface area contributed by atoms with Crippen molar-refractivity contribution in [1.29, 1.82) is 0 Å². The van der Waals surface area contributed by atoms with E-state index in [9.17, 15) is 10.2 Å². The lowest BCUT2D eigenvalue weighted by molar-refractivity contribution is 0.0323. The maximum atomic E-state index is 9.59. The minimum absolute atomic E-state index is 0.0909. The SMILES string of the molecule is CC(CC(C)(C)O)Oc1cccc(O)c1. The Morgan fingerprint density at radius 2 is 2.07 bits per heavy atom. The van der Waals surface area contributed by atoms with E-state index in [4.69, 9.17) is 4.74 Å². The molecule has 0 aliphatic rings. The second-order valence-electron chi connectivity index (χ2n) is 4.44. The molecule has 1 rings (SSSR count). The Morgan fingerprint density at radius 3 is 2.60 bits per heavy atom.